The Morgan fingerprint density at radius 1 is 0.333 bits per heavy atom. The molecule has 60 heavy (non-hydrogen) atoms. The fourth-order valence-electron chi connectivity index (χ4n) is 9.99. The predicted octanol–water partition coefficient (Wildman–Crippen LogP) is 13.6. The number of fused-ring (bicyclic) bond motifs is 11. The van der Waals surface area contributed by atoms with Crippen molar-refractivity contribution in [3.63, 3.8) is 0 Å². The number of hydrogen-bond acceptors (Lipinski definition) is 3. The first-order valence-corrected chi connectivity index (χ1v) is 20.6. The van der Waals surface area contributed by atoms with Crippen LogP contribution in [0.2, 0.25) is 0 Å². The number of rotatable bonds is 6. The first-order chi connectivity index (χ1) is 29.7. The molecule has 1 aromatic heterocycles. The molecule has 0 unspecified atom stereocenters. The van der Waals surface area contributed by atoms with E-state index in [9.17, 15) is 0 Å². The minimum absolute atomic E-state index is 0.406. The second kappa shape index (κ2) is 13.7. The van der Waals surface area contributed by atoms with Gasteiger partial charge in [-0.05, 0) is 89.2 Å². The lowest BCUT2D eigenvalue weighted by molar-refractivity contribution is 0.794. The summed E-state index contributed by atoms with van der Waals surface area (Å²) in [5.41, 5.74) is 18.0. The number of benzene rings is 9. The van der Waals surface area contributed by atoms with Gasteiger partial charge in [-0.3, -0.25) is 0 Å². The van der Waals surface area contributed by atoms with Gasteiger partial charge in [-0.2, -0.15) is 0 Å². The molecule has 2 aliphatic carbocycles. The Labute approximate surface area is 349 Å². The topological polar surface area (TPSA) is 38.7 Å². The van der Waals surface area contributed by atoms with Crippen molar-refractivity contribution in [2.45, 2.75) is 11.8 Å². The monoisotopic (exact) mass is 763 g/mol. The highest BCUT2D eigenvalue weighted by molar-refractivity contribution is 6.05. The molecule has 0 atom stereocenters. The summed E-state index contributed by atoms with van der Waals surface area (Å²) in [6.45, 7) is 0. The Hall–Kier alpha value is -7.75. The van der Waals surface area contributed by atoms with E-state index in [1.807, 2.05) is 24.3 Å². The second-order valence-corrected chi connectivity index (χ2v) is 15.9. The molecule has 280 valence electrons. The summed E-state index contributed by atoms with van der Waals surface area (Å²) in [7, 11) is 0. The molecular weight excluding hydrogens is 727 g/mol. The molecule has 0 saturated heterocycles. The van der Waals surface area contributed by atoms with Crippen LogP contribution in [-0.2, 0) is 11.8 Å². The van der Waals surface area contributed by atoms with Crippen molar-refractivity contribution in [3.05, 3.63) is 246 Å². The van der Waals surface area contributed by atoms with Crippen LogP contribution in [0, 0.1) is 0 Å². The van der Waals surface area contributed by atoms with Crippen molar-refractivity contribution in [1.82, 2.24) is 15.0 Å². The quantitative estimate of drug-likeness (QED) is 0.169. The van der Waals surface area contributed by atoms with E-state index in [1.165, 1.54) is 72.0 Å². The van der Waals surface area contributed by atoms with Gasteiger partial charge in [-0.15, -0.1) is 0 Å². The van der Waals surface area contributed by atoms with E-state index in [2.05, 4.69) is 188 Å². The minimum Gasteiger partial charge on any atom is -0.213 e. The maximum absolute atomic E-state index is 5.04. The van der Waals surface area contributed by atoms with Gasteiger partial charge in [-0.1, -0.05) is 206 Å². The molecule has 0 aliphatic heterocycles. The highest BCUT2D eigenvalue weighted by Crippen LogP contribution is 2.63. The summed E-state index contributed by atoms with van der Waals surface area (Å²) >= 11 is 0. The van der Waals surface area contributed by atoms with Gasteiger partial charge >= 0.3 is 0 Å². The molecule has 3 heteroatoms. The van der Waals surface area contributed by atoms with Crippen LogP contribution in [0.1, 0.15) is 33.6 Å². The number of nitrogens with zero attached hydrogens (tertiary/aromatic N) is 3. The predicted molar refractivity (Wildman–Crippen MR) is 245 cm³/mol. The molecule has 0 radical (unpaired) electrons. The van der Waals surface area contributed by atoms with E-state index in [-0.39, 0.29) is 0 Å². The summed E-state index contributed by atoms with van der Waals surface area (Å²) in [5, 5.41) is 2.43. The molecule has 0 saturated carbocycles. The third-order valence-electron chi connectivity index (χ3n) is 12.6. The van der Waals surface area contributed by atoms with Gasteiger partial charge < -0.3 is 0 Å². The van der Waals surface area contributed by atoms with Crippen LogP contribution in [0.15, 0.2) is 212 Å². The van der Waals surface area contributed by atoms with Gasteiger partial charge in [-0.25, -0.2) is 15.0 Å². The molecule has 9 aromatic carbocycles. The lowest BCUT2D eigenvalue weighted by Crippen LogP contribution is -2.25. The van der Waals surface area contributed by atoms with Gasteiger partial charge in [0, 0.05) is 17.5 Å². The van der Waals surface area contributed by atoms with Crippen molar-refractivity contribution < 1.29 is 0 Å². The van der Waals surface area contributed by atoms with Crippen molar-refractivity contribution in [1.29, 1.82) is 0 Å². The van der Waals surface area contributed by atoms with E-state index in [1.54, 1.807) is 0 Å². The van der Waals surface area contributed by atoms with Crippen LogP contribution < -0.4 is 0 Å². The van der Waals surface area contributed by atoms with Crippen LogP contribution in [0.25, 0.3) is 78.1 Å². The summed E-state index contributed by atoms with van der Waals surface area (Å²) in [6, 6.07) is 76.9. The van der Waals surface area contributed by atoms with Crippen LogP contribution in [0.4, 0.5) is 0 Å². The average Bonchev–Trinajstić information content (AvgIpc) is 3.79. The van der Waals surface area contributed by atoms with Crippen molar-refractivity contribution in [3.8, 4) is 67.3 Å². The first-order valence-electron chi connectivity index (χ1n) is 20.6. The van der Waals surface area contributed by atoms with E-state index in [4.69, 9.17) is 15.0 Å². The van der Waals surface area contributed by atoms with Crippen molar-refractivity contribution >= 4 is 10.8 Å². The van der Waals surface area contributed by atoms with E-state index < -0.39 is 5.41 Å². The molecule has 1 heterocycles. The zero-order valence-corrected chi connectivity index (χ0v) is 32.8. The molecule has 0 bridgehead atoms. The number of hydrogen-bond donors (Lipinski definition) is 0. The van der Waals surface area contributed by atoms with Gasteiger partial charge in [0.1, 0.15) is 5.82 Å². The van der Waals surface area contributed by atoms with E-state index >= 15 is 0 Å². The highest BCUT2D eigenvalue weighted by atomic mass is 15.0. The second-order valence-electron chi connectivity index (χ2n) is 15.9. The lowest BCUT2D eigenvalue weighted by Gasteiger charge is -2.30. The molecule has 2 aliphatic rings. The molecular formula is C57H37N3. The molecule has 0 amide bonds. The van der Waals surface area contributed by atoms with E-state index in [0.717, 1.165) is 28.1 Å². The summed E-state index contributed by atoms with van der Waals surface area (Å²) in [4.78, 5) is 15.0. The largest absolute Gasteiger partial charge is 0.213 e. The molecule has 0 N–H and O–H groups in total. The Morgan fingerprint density at radius 2 is 0.817 bits per heavy atom. The standard InChI is InChI=1S/C57H37N3/c1-3-15-37(16-4-1)35-53-58-55(40-18-5-2-6-19-40)60-56(59-53)41-29-27-39(28-30-41)54-43-20-8-7-17-38(43)31-33-44(54)42-32-34-48-47-23-11-14-26-51(47)57(52(48)36-42)49-24-12-9-21-45(49)46-22-10-13-25-50(46)57/h1-34,36H,35H2. The fourth-order valence-corrected chi connectivity index (χ4v) is 9.99. The number of aromatic nitrogens is 3. The summed E-state index contributed by atoms with van der Waals surface area (Å²) in [5.74, 6) is 2.09. The SMILES string of the molecule is c1ccc(Cc2nc(-c3ccccc3)nc(-c3ccc(-c4c(-c5ccc6c(c5)C5(c7ccccc7-c7ccccc75)c5ccccc5-6)ccc5ccccc45)cc3)n2)cc1. The van der Waals surface area contributed by atoms with Crippen molar-refractivity contribution in [2.24, 2.45) is 0 Å². The van der Waals surface area contributed by atoms with Crippen molar-refractivity contribution in [2.75, 3.05) is 0 Å². The first kappa shape index (κ1) is 34.3. The maximum Gasteiger partial charge on any atom is 0.163 e. The highest BCUT2D eigenvalue weighted by Gasteiger charge is 2.51. The summed E-state index contributed by atoms with van der Waals surface area (Å²) < 4.78 is 0. The molecule has 10 aromatic rings. The third kappa shape index (κ3) is 5.26. The maximum atomic E-state index is 5.04. The zero-order chi connectivity index (χ0) is 39.6. The lowest BCUT2D eigenvalue weighted by atomic mass is 9.70. The average molecular weight is 764 g/mol. The third-order valence-corrected chi connectivity index (χ3v) is 12.6. The Kier molecular flexibility index (Phi) is 7.82. The van der Waals surface area contributed by atoms with Gasteiger partial charge in [0.25, 0.3) is 0 Å². The van der Waals surface area contributed by atoms with Crippen LogP contribution >= 0.6 is 0 Å². The molecule has 1 spiro atoms. The molecule has 3 nitrogen and oxygen atoms in total. The van der Waals surface area contributed by atoms with Crippen LogP contribution in [0.5, 0.6) is 0 Å². The smallest absolute Gasteiger partial charge is 0.163 e. The van der Waals surface area contributed by atoms with Gasteiger partial charge in [0.05, 0.1) is 5.41 Å². The molecule has 12 rings (SSSR count). The minimum atomic E-state index is -0.406. The normalized spacial score (nSPS) is 12.9. The summed E-state index contributed by atoms with van der Waals surface area (Å²) in [6.07, 6.45) is 0.623. The zero-order valence-electron chi connectivity index (χ0n) is 32.8. The van der Waals surface area contributed by atoms with Gasteiger partial charge in [0.2, 0.25) is 0 Å². The fraction of sp³-hybridized carbons (Fsp3) is 0.0351. The van der Waals surface area contributed by atoms with Gasteiger partial charge in [0.15, 0.2) is 11.6 Å². The van der Waals surface area contributed by atoms with Crippen LogP contribution in [0.3, 0.4) is 0 Å². The Morgan fingerprint density at radius 3 is 1.47 bits per heavy atom. The van der Waals surface area contributed by atoms with Crippen LogP contribution in [-0.4, -0.2) is 15.0 Å². The Balaban J connectivity index is 1.01. The van der Waals surface area contributed by atoms with E-state index in [0.29, 0.717) is 18.1 Å². The molecule has 0 fully saturated rings. The Bertz CT molecular complexity index is 3210.